The first kappa shape index (κ1) is 13.0. The maximum absolute atomic E-state index is 12.1. The molecule has 2 rings (SSSR count). The highest BCUT2D eigenvalue weighted by Gasteiger charge is 2.12. The van der Waals surface area contributed by atoms with Gasteiger partial charge in [-0.3, -0.25) is 4.79 Å². The summed E-state index contributed by atoms with van der Waals surface area (Å²) in [5.74, 6) is -0.258. The van der Waals surface area contributed by atoms with E-state index < -0.39 is 0 Å². The molecule has 0 aromatic heterocycles. The number of nitrogen functional groups attached to an aromatic ring is 1. The van der Waals surface area contributed by atoms with Crippen LogP contribution in [0, 0.1) is 13.8 Å². The van der Waals surface area contributed by atoms with E-state index in [1.54, 1.807) is 37.3 Å². The Hall–Kier alpha value is -2.49. The fourth-order valence-corrected chi connectivity index (χ4v) is 1.95. The van der Waals surface area contributed by atoms with Crippen LogP contribution in [0.2, 0.25) is 0 Å². The van der Waals surface area contributed by atoms with Gasteiger partial charge in [-0.15, -0.1) is 0 Å². The number of nitrogens with one attached hydrogen (secondary N) is 1. The molecule has 0 aliphatic heterocycles. The molecule has 2 aromatic carbocycles. The minimum absolute atomic E-state index is 0.0773. The summed E-state index contributed by atoms with van der Waals surface area (Å²) in [7, 11) is 0. The SMILES string of the molecule is Cc1cc(C)c(O)c(NC(=O)c2ccccc2N)c1. The van der Waals surface area contributed by atoms with Crippen LogP contribution in [0.5, 0.6) is 5.75 Å². The van der Waals surface area contributed by atoms with E-state index in [0.29, 0.717) is 16.9 Å². The lowest BCUT2D eigenvalue weighted by atomic mass is 10.1. The van der Waals surface area contributed by atoms with Gasteiger partial charge in [-0.1, -0.05) is 18.2 Å². The number of para-hydroxylation sites is 1. The Labute approximate surface area is 111 Å². The second kappa shape index (κ2) is 5.02. The van der Waals surface area contributed by atoms with Crippen LogP contribution in [0.3, 0.4) is 0 Å². The van der Waals surface area contributed by atoms with Crippen molar-refractivity contribution in [2.75, 3.05) is 11.1 Å². The highest BCUT2D eigenvalue weighted by molar-refractivity contribution is 6.08. The van der Waals surface area contributed by atoms with Gasteiger partial charge in [0.2, 0.25) is 0 Å². The Balaban J connectivity index is 2.32. The Morgan fingerprint density at radius 1 is 1.21 bits per heavy atom. The summed E-state index contributed by atoms with van der Waals surface area (Å²) >= 11 is 0. The normalized spacial score (nSPS) is 10.2. The largest absolute Gasteiger partial charge is 0.505 e. The number of aromatic hydroxyl groups is 1. The minimum atomic E-state index is -0.335. The van der Waals surface area contributed by atoms with Gasteiger partial charge in [0.05, 0.1) is 11.3 Å². The molecule has 0 heterocycles. The van der Waals surface area contributed by atoms with Crippen molar-refractivity contribution in [3.05, 3.63) is 53.1 Å². The third-order valence-electron chi connectivity index (χ3n) is 2.90. The van der Waals surface area contributed by atoms with E-state index in [-0.39, 0.29) is 11.7 Å². The van der Waals surface area contributed by atoms with E-state index in [4.69, 9.17) is 5.73 Å². The van der Waals surface area contributed by atoms with Gasteiger partial charge < -0.3 is 16.2 Å². The standard InChI is InChI=1S/C15H16N2O2/c1-9-7-10(2)14(18)13(8-9)17-15(19)11-5-3-4-6-12(11)16/h3-8,18H,16H2,1-2H3,(H,17,19). The molecule has 0 saturated carbocycles. The Morgan fingerprint density at radius 3 is 2.58 bits per heavy atom. The van der Waals surface area contributed by atoms with Gasteiger partial charge in [-0.05, 0) is 43.2 Å². The summed E-state index contributed by atoms with van der Waals surface area (Å²) in [6.45, 7) is 3.69. The fraction of sp³-hybridized carbons (Fsp3) is 0.133. The average molecular weight is 256 g/mol. The second-order valence-corrected chi connectivity index (χ2v) is 4.52. The number of rotatable bonds is 2. The van der Waals surface area contributed by atoms with Crippen LogP contribution in [-0.2, 0) is 0 Å². The molecule has 98 valence electrons. The molecule has 0 unspecified atom stereocenters. The predicted octanol–water partition coefficient (Wildman–Crippen LogP) is 2.84. The number of hydrogen-bond donors (Lipinski definition) is 3. The summed E-state index contributed by atoms with van der Waals surface area (Å²) in [6, 6.07) is 10.4. The predicted molar refractivity (Wildman–Crippen MR) is 76.4 cm³/mol. The Kier molecular flexibility index (Phi) is 3.42. The van der Waals surface area contributed by atoms with Crippen LogP contribution in [0.1, 0.15) is 21.5 Å². The molecule has 0 aliphatic carbocycles. The number of carbonyl (C=O) groups excluding carboxylic acids is 1. The van der Waals surface area contributed by atoms with Crippen molar-refractivity contribution in [3.63, 3.8) is 0 Å². The first-order valence-corrected chi connectivity index (χ1v) is 5.95. The number of nitrogens with two attached hydrogens (primary N) is 1. The average Bonchev–Trinajstić information content (AvgIpc) is 2.35. The molecule has 0 radical (unpaired) electrons. The maximum Gasteiger partial charge on any atom is 0.257 e. The first-order valence-electron chi connectivity index (χ1n) is 5.95. The van der Waals surface area contributed by atoms with Gasteiger partial charge >= 0.3 is 0 Å². The van der Waals surface area contributed by atoms with Gasteiger partial charge in [-0.25, -0.2) is 0 Å². The molecule has 4 N–H and O–H groups in total. The van der Waals surface area contributed by atoms with E-state index >= 15 is 0 Å². The van der Waals surface area contributed by atoms with Gasteiger partial charge in [0, 0.05) is 5.69 Å². The van der Waals surface area contributed by atoms with E-state index in [1.807, 2.05) is 13.0 Å². The van der Waals surface area contributed by atoms with Crippen molar-refractivity contribution < 1.29 is 9.90 Å². The Morgan fingerprint density at radius 2 is 1.89 bits per heavy atom. The molecule has 0 atom stereocenters. The zero-order valence-corrected chi connectivity index (χ0v) is 10.9. The van der Waals surface area contributed by atoms with Gasteiger partial charge in [0.25, 0.3) is 5.91 Å². The molecule has 4 nitrogen and oxygen atoms in total. The maximum atomic E-state index is 12.1. The molecule has 0 spiro atoms. The third-order valence-corrected chi connectivity index (χ3v) is 2.90. The summed E-state index contributed by atoms with van der Waals surface area (Å²) in [6.07, 6.45) is 0. The number of phenols is 1. The topological polar surface area (TPSA) is 75.3 Å². The van der Waals surface area contributed by atoms with Gasteiger partial charge in [0.15, 0.2) is 0 Å². The zero-order chi connectivity index (χ0) is 14.0. The fourth-order valence-electron chi connectivity index (χ4n) is 1.95. The number of amides is 1. The minimum Gasteiger partial charge on any atom is -0.505 e. The lowest BCUT2D eigenvalue weighted by Gasteiger charge is -2.11. The molecule has 0 fully saturated rings. The Bertz CT molecular complexity index is 636. The van der Waals surface area contributed by atoms with E-state index in [2.05, 4.69) is 5.32 Å². The van der Waals surface area contributed by atoms with Crippen molar-refractivity contribution >= 4 is 17.3 Å². The van der Waals surface area contributed by atoms with E-state index in [9.17, 15) is 9.90 Å². The number of anilines is 2. The number of hydrogen-bond acceptors (Lipinski definition) is 3. The highest BCUT2D eigenvalue weighted by Crippen LogP contribution is 2.29. The van der Waals surface area contributed by atoms with Crippen molar-refractivity contribution in [2.45, 2.75) is 13.8 Å². The number of benzene rings is 2. The van der Waals surface area contributed by atoms with Crippen molar-refractivity contribution in [1.82, 2.24) is 0 Å². The molecule has 1 amide bonds. The summed E-state index contributed by atoms with van der Waals surface area (Å²) < 4.78 is 0. The van der Waals surface area contributed by atoms with Crippen LogP contribution >= 0.6 is 0 Å². The molecule has 0 saturated heterocycles. The van der Waals surface area contributed by atoms with Crippen LogP contribution in [0.15, 0.2) is 36.4 Å². The summed E-state index contributed by atoms with van der Waals surface area (Å²) in [4.78, 5) is 12.1. The van der Waals surface area contributed by atoms with E-state index in [0.717, 1.165) is 11.1 Å². The van der Waals surface area contributed by atoms with Gasteiger partial charge in [0.1, 0.15) is 5.75 Å². The number of phenolic OH excluding ortho intramolecular Hbond substituents is 1. The molecule has 0 aliphatic rings. The molecule has 4 heteroatoms. The van der Waals surface area contributed by atoms with E-state index in [1.165, 1.54) is 0 Å². The number of carbonyl (C=O) groups is 1. The first-order chi connectivity index (χ1) is 8.99. The quantitative estimate of drug-likeness (QED) is 0.571. The third kappa shape index (κ3) is 2.68. The second-order valence-electron chi connectivity index (χ2n) is 4.52. The molecular weight excluding hydrogens is 240 g/mol. The smallest absolute Gasteiger partial charge is 0.257 e. The van der Waals surface area contributed by atoms with Crippen LogP contribution in [-0.4, -0.2) is 11.0 Å². The molecular formula is C15H16N2O2. The van der Waals surface area contributed by atoms with Crippen molar-refractivity contribution in [1.29, 1.82) is 0 Å². The zero-order valence-electron chi connectivity index (χ0n) is 10.9. The summed E-state index contributed by atoms with van der Waals surface area (Å²) in [5.41, 5.74) is 8.62. The molecule has 19 heavy (non-hydrogen) atoms. The monoisotopic (exact) mass is 256 g/mol. The summed E-state index contributed by atoms with van der Waals surface area (Å²) in [5, 5.41) is 12.6. The van der Waals surface area contributed by atoms with Crippen LogP contribution in [0.4, 0.5) is 11.4 Å². The molecule has 0 bridgehead atoms. The number of aryl methyl sites for hydroxylation is 2. The molecule has 2 aromatic rings. The van der Waals surface area contributed by atoms with Crippen LogP contribution < -0.4 is 11.1 Å². The highest BCUT2D eigenvalue weighted by atomic mass is 16.3. The van der Waals surface area contributed by atoms with Crippen molar-refractivity contribution in [3.8, 4) is 5.75 Å². The lowest BCUT2D eigenvalue weighted by Crippen LogP contribution is -2.14. The van der Waals surface area contributed by atoms with Crippen molar-refractivity contribution in [2.24, 2.45) is 0 Å². The van der Waals surface area contributed by atoms with Crippen LogP contribution in [0.25, 0.3) is 0 Å². The van der Waals surface area contributed by atoms with Gasteiger partial charge in [-0.2, -0.15) is 0 Å². The lowest BCUT2D eigenvalue weighted by molar-refractivity contribution is 0.102.